The van der Waals surface area contributed by atoms with Crippen molar-refractivity contribution in [3.05, 3.63) is 41.2 Å². The van der Waals surface area contributed by atoms with Gasteiger partial charge in [0, 0.05) is 37.8 Å². The Labute approximate surface area is 143 Å². The zero-order valence-corrected chi connectivity index (χ0v) is 15.0. The van der Waals surface area contributed by atoms with E-state index in [-0.39, 0.29) is 5.91 Å². The Morgan fingerprint density at radius 1 is 1.17 bits per heavy atom. The van der Waals surface area contributed by atoms with Gasteiger partial charge in [-0.2, -0.15) is 0 Å². The van der Waals surface area contributed by atoms with Gasteiger partial charge in [0.1, 0.15) is 11.5 Å². The number of aromatic nitrogens is 2. The number of hydrogen-bond donors (Lipinski definition) is 1. The van der Waals surface area contributed by atoms with E-state index in [2.05, 4.69) is 48.6 Å². The predicted octanol–water partition coefficient (Wildman–Crippen LogP) is 2.86. The number of benzene rings is 1. The number of imidazole rings is 1. The van der Waals surface area contributed by atoms with Gasteiger partial charge in [0.15, 0.2) is 0 Å². The Morgan fingerprint density at radius 2 is 1.88 bits per heavy atom. The Kier molecular flexibility index (Phi) is 4.71. The second kappa shape index (κ2) is 6.77. The molecule has 5 heteroatoms. The molecule has 0 aliphatic carbocycles. The number of carbonyl (C=O) groups is 1. The first-order valence-corrected chi connectivity index (χ1v) is 8.62. The van der Waals surface area contributed by atoms with Crippen molar-refractivity contribution < 1.29 is 4.79 Å². The fraction of sp³-hybridized carbons (Fsp3) is 0.474. The van der Waals surface area contributed by atoms with E-state index in [4.69, 9.17) is 0 Å². The molecule has 1 aliphatic rings. The summed E-state index contributed by atoms with van der Waals surface area (Å²) in [6.45, 7) is 12.0. The van der Waals surface area contributed by atoms with Crippen molar-refractivity contribution in [1.82, 2.24) is 19.8 Å². The molecule has 3 rings (SSSR count). The number of aryl methyl sites for hydroxylation is 1. The fourth-order valence-corrected chi connectivity index (χ4v) is 3.19. The average molecular weight is 326 g/mol. The van der Waals surface area contributed by atoms with E-state index in [9.17, 15) is 4.79 Å². The van der Waals surface area contributed by atoms with Gasteiger partial charge in [0.05, 0.1) is 6.20 Å². The lowest BCUT2D eigenvalue weighted by atomic mass is 10.0. The molecule has 1 aliphatic heterocycles. The largest absolute Gasteiger partial charge is 0.335 e. The van der Waals surface area contributed by atoms with Crippen LogP contribution in [0.3, 0.4) is 0 Å². The topological polar surface area (TPSA) is 52.2 Å². The summed E-state index contributed by atoms with van der Waals surface area (Å²) in [5.41, 5.74) is 4.04. The number of H-pyrrole nitrogens is 1. The Morgan fingerprint density at radius 3 is 2.54 bits per heavy atom. The standard InChI is InChI=1S/C19H26N4O/c1-13(2)22-8-10-23(11-9-22)19(24)17-12-20-18(21-17)16-7-5-6-14(3)15(16)4/h5-7,12-13H,8-11H2,1-4H3,(H,20,21). The second-order valence-corrected chi connectivity index (χ2v) is 6.81. The van der Waals surface area contributed by atoms with Gasteiger partial charge in [-0.25, -0.2) is 4.98 Å². The van der Waals surface area contributed by atoms with Crippen LogP contribution in [0, 0.1) is 13.8 Å². The number of hydrogen-bond acceptors (Lipinski definition) is 3. The molecule has 0 radical (unpaired) electrons. The first-order chi connectivity index (χ1) is 11.5. The van der Waals surface area contributed by atoms with Gasteiger partial charge in [-0.15, -0.1) is 0 Å². The van der Waals surface area contributed by atoms with Gasteiger partial charge in [0.2, 0.25) is 0 Å². The number of amides is 1. The second-order valence-electron chi connectivity index (χ2n) is 6.81. The van der Waals surface area contributed by atoms with E-state index >= 15 is 0 Å². The fourth-order valence-electron chi connectivity index (χ4n) is 3.19. The molecule has 5 nitrogen and oxygen atoms in total. The molecule has 1 fully saturated rings. The first-order valence-electron chi connectivity index (χ1n) is 8.62. The number of nitrogens with one attached hydrogen (secondary N) is 1. The molecule has 1 N–H and O–H groups in total. The summed E-state index contributed by atoms with van der Waals surface area (Å²) in [5.74, 6) is 0.808. The molecule has 1 aromatic heterocycles. The molecule has 2 heterocycles. The van der Waals surface area contributed by atoms with Gasteiger partial charge < -0.3 is 9.88 Å². The Bertz CT molecular complexity index is 727. The van der Waals surface area contributed by atoms with Crippen LogP contribution in [-0.4, -0.2) is 57.9 Å². The molecule has 0 saturated carbocycles. The van der Waals surface area contributed by atoms with Crippen molar-refractivity contribution in [1.29, 1.82) is 0 Å². The van der Waals surface area contributed by atoms with Crippen LogP contribution in [0.25, 0.3) is 11.4 Å². The molecule has 0 unspecified atom stereocenters. The third kappa shape index (κ3) is 3.22. The van der Waals surface area contributed by atoms with E-state index in [1.54, 1.807) is 6.20 Å². The van der Waals surface area contributed by atoms with Crippen LogP contribution in [0.5, 0.6) is 0 Å². The van der Waals surface area contributed by atoms with Crippen LogP contribution in [0.1, 0.15) is 35.5 Å². The molecule has 0 spiro atoms. The van der Waals surface area contributed by atoms with Crippen molar-refractivity contribution in [2.75, 3.05) is 26.2 Å². The van der Waals surface area contributed by atoms with Gasteiger partial charge in [-0.05, 0) is 38.8 Å². The maximum absolute atomic E-state index is 12.7. The van der Waals surface area contributed by atoms with E-state index in [1.807, 2.05) is 17.0 Å². The van der Waals surface area contributed by atoms with E-state index < -0.39 is 0 Å². The minimum Gasteiger partial charge on any atom is -0.335 e. The van der Waals surface area contributed by atoms with Crippen molar-refractivity contribution >= 4 is 5.91 Å². The van der Waals surface area contributed by atoms with Crippen molar-refractivity contribution in [3.8, 4) is 11.4 Å². The van der Waals surface area contributed by atoms with Gasteiger partial charge in [-0.1, -0.05) is 18.2 Å². The van der Waals surface area contributed by atoms with Crippen molar-refractivity contribution in [3.63, 3.8) is 0 Å². The number of carbonyl (C=O) groups excluding carboxylic acids is 1. The third-order valence-corrected chi connectivity index (χ3v) is 5.00. The van der Waals surface area contributed by atoms with Gasteiger partial charge >= 0.3 is 0 Å². The molecular formula is C19H26N4O. The third-order valence-electron chi connectivity index (χ3n) is 5.00. The van der Waals surface area contributed by atoms with Crippen LogP contribution in [0.4, 0.5) is 0 Å². The zero-order chi connectivity index (χ0) is 17.3. The minimum absolute atomic E-state index is 0.0439. The highest BCUT2D eigenvalue weighted by atomic mass is 16.2. The summed E-state index contributed by atoms with van der Waals surface area (Å²) in [7, 11) is 0. The maximum Gasteiger partial charge on any atom is 0.272 e. The molecule has 128 valence electrons. The molecule has 1 saturated heterocycles. The molecule has 0 atom stereocenters. The van der Waals surface area contributed by atoms with Crippen molar-refractivity contribution in [2.24, 2.45) is 0 Å². The average Bonchev–Trinajstić information content (AvgIpc) is 3.06. The van der Waals surface area contributed by atoms with E-state index in [0.717, 1.165) is 37.6 Å². The van der Waals surface area contributed by atoms with Crippen LogP contribution in [0.2, 0.25) is 0 Å². The summed E-state index contributed by atoms with van der Waals surface area (Å²) < 4.78 is 0. The van der Waals surface area contributed by atoms with Crippen LogP contribution < -0.4 is 0 Å². The monoisotopic (exact) mass is 326 g/mol. The number of nitrogens with zero attached hydrogens (tertiary/aromatic N) is 3. The number of aromatic amines is 1. The smallest absolute Gasteiger partial charge is 0.272 e. The summed E-state index contributed by atoms with van der Waals surface area (Å²) in [4.78, 5) is 24.7. The summed E-state index contributed by atoms with van der Waals surface area (Å²) in [6, 6.07) is 6.68. The molecule has 0 bridgehead atoms. The SMILES string of the molecule is Cc1cccc(-c2ncc(C(=O)N3CCN(C(C)C)CC3)[nH]2)c1C. The summed E-state index contributed by atoms with van der Waals surface area (Å²) >= 11 is 0. The lowest BCUT2D eigenvalue weighted by Gasteiger charge is -2.36. The lowest BCUT2D eigenvalue weighted by molar-refractivity contribution is 0.0590. The predicted molar refractivity (Wildman–Crippen MR) is 96.1 cm³/mol. The summed E-state index contributed by atoms with van der Waals surface area (Å²) in [5, 5.41) is 0. The van der Waals surface area contributed by atoms with E-state index in [1.165, 1.54) is 11.1 Å². The van der Waals surface area contributed by atoms with Crippen LogP contribution >= 0.6 is 0 Å². The van der Waals surface area contributed by atoms with Crippen LogP contribution in [0.15, 0.2) is 24.4 Å². The first kappa shape index (κ1) is 16.7. The normalized spacial score (nSPS) is 16.0. The van der Waals surface area contributed by atoms with Gasteiger partial charge in [0.25, 0.3) is 5.91 Å². The van der Waals surface area contributed by atoms with E-state index in [0.29, 0.717) is 11.7 Å². The van der Waals surface area contributed by atoms with Gasteiger partial charge in [-0.3, -0.25) is 9.69 Å². The highest BCUT2D eigenvalue weighted by Gasteiger charge is 2.24. The quantitative estimate of drug-likeness (QED) is 0.943. The maximum atomic E-state index is 12.7. The molecular weight excluding hydrogens is 300 g/mol. The molecule has 2 aromatic rings. The number of rotatable bonds is 3. The Hall–Kier alpha value is -2.14. The minimum atomic E-state index is 0.0439. The number of piperazine rings is 1. The van der Waals surface area contributed by atoms with Crippen LogP contribution in [-0.2, 0) is 0 Å². The molecule has 24 heavy (non-hydrogen) atoms. The highest BCUT2D eigenvalue weighted by molar-refractivity contribution is 5.93. The molecule has 1 aromatic carbocycles. The van der Waals surface area contributed by atoms with Crippen molar-refractivity contribution in [2.45, 2.75) is 33.7 Å². The lowest BCUT2D eigenvalue weighted by Crippen LogP contribution is -2.50. The zero-order valence-electron chi connectivity index (χ0n) is 15.0. The molecule has 1 amide bonds. The highest BCUT2D eigenvalue weighted by Crippen LogP contribution is 2.23. The summed E-state index contributed by atoms with van der Waals surface area (Å²) in [6.07, 6.45) is 1.66. The Balaban J connectivity index is 1.74.